The zero-order chi connectivity index (χ0) is 16.9. The Kier molecular flexibility index (Phi) is 10.8. The van der Waals surface area contributed by atoms with E-state index in [2.05, 4.69) is 13.8 Å². The number of carbonyl (C=O) groups excluding carboxylic acids is 2. The smallest absolute Gasteiger partial charge is 0.309 e. The van der Waals surface area contributed by atoms with Crippen molar-refractivity contribution in [2.45, 2.75) is 84.5 Å². The van der Waals surface area contributed by atoms with E-state index >= 15 is 0 Å². The zero-order valence-electron chi connectivity index (χ0n) is 15.0. The molecule has 0 radical (unpaired) electrons. The molecule has 23 heavy (non-hydrogen) atoms. The summed E-state index contributed by atoms with van der Waals surface area (Å²) < 4.78 is 10.7. The Hall–Kier alpha value is -1.06. The summed E-state index contributed by atoms with van der Waals surface area (Å²) in [5.74, 6) is -0.998. The maximum atomic E-state index is 12.3. The third-order valence-electron chi connectivity index (χ3n) is 4.61. The molecule has 0 spiro atoms. The molecule has 2 atom stereocenters. The molecule has 1 saturated carbocycles. The van der Waals surface area contributed by atoms with Gasteiger partial charge in [0.15, 0.2) is 0 Å². The van der Waals surface area contributed by atoms with Crippen LogP contribution in [0.4, 0.5) is 0 Å². The Labute approximate surface area is 141 Å². The number of esters is 2. The molecular formula is C19H34O4. The van der Waals surface area contributed by atoms with Crippen molar-refractivity contribution >= 4 is 11.9 Å². The third-order valence-corrected chi connectivity index (χ3v) is 4.61. The van der Waals surface area contributed by atoms with Crippen LogP contribution in [0.1, 0.15) is 84.5 Å². The van der Waals surface area contributed by atoms with Gasteiger partial charge in [-0.05, 0) is 25.7 Å². The van der Waals surface area contributed by atoms with Crippen LogP contribution in [0.3, 0.4) is 0 Å². The molecule has 0 aromatic rings. The van der Waals surface area contributed by atoms with Crippen LogP contribution in [-0.2, 0) is 19.1 Å². The number of unbranched alkanes of at least 4 members (excludes halogenated alkanes) is 5. The van der Waals surface area contributed by atoms with E-state index in [0.29, 0.717) is 13.2 Å². The van der Waals surface area contributed by atoms with Gasteiger partial charge in [0.2, 0.25) is 0 Å². The first-order chi connectivity index (χ1) is 11.2. The number of rotatable bonds is 11. The second kappa shape index (κ2) is 12.4. The third kappa shape index (κ3) is 7.85. The quantitative estimate of drug-likeness (QED) is 0.410. The highest BCUT2D eigenvalue weighted by Crippen LogP contribution is 2.32. The fourth-order valence-corrected chi connectivity index (χ4v) is 3.10. The van der Waals surface area contributed by atoms with Gasteiger partial charge in [0.1, 0.15) is 0 Å². The predicted octanol–water partition coefficient (Wildman–Crippen LogP) is 4.65. The molecule has 0 bridgehead atoms. The highest BCUT2D eigenvalue weighted by atomic mass is 16.5. The molecule has 4 nitrogen and oxygen atoms in total. The highest BCUT2D eigenvalue weighted by molar-refractivity contribution is 5.82. The fourth-order valence-electron chi connectivity index (χ4n) is 3.10. The van der Waals surface area contributed by atoms with Crippen LogP contribution in [0.5, 0.6) is 0 Å². The molecule has 0 saturated heterocycles. The molecule has 1 aliphatic rings. The summed E-state index contributed by atoms with van der Waals surface area (Å²) in [6.07, 6.45) is 11.0. The van der Waals surface area contributed by atoms with Crippen molar-refractivity contribution in [2.24, 2.45) is 11.8 Å². The molecule has 0 aromatic heterocycles. The summed E-state index contributed by atoms with van der Waals surface area (Å²) in [6.45, 7) is 5.19. The molecule has 1 rings (SSSR count). The minimum absolute atomic E-state index is 0.197. The lowest BCUT2D eigenvalue weighted by molar-refractivity contribution is -0.163. The summed E-state index contributed by atoms with van der Waals surface area (Å²) in [4.78, 5) is 24.5. The first-order valence-electron chi connectivity index (χ1n) is 9.54. The van der Waals surface area contributed by atoms with Gasteiger partial charge in [-0.15, -0.1) is 0 Å². The van der Waals surface area contributed by atoms with Crippen molar-refractivity contribution < 1.29 is 19.1 Å². The van der Waals surface area contributed by atoms with E-state index in [9.17, 15) is 9.59 Å². The molecule has 4 heteroatoms. The molecule has 1 aliphatic carbocycles. The maximum Gasteiger partial charge on any atom is 0.309 e. The number of hydrogen-bond donors (Lipinski definition) is 0. The average Bonchev–Trinajstić information content (AvgIpc) is 2.58. The van der Waals surface area contributed by atoms with Gasteiger partial charge in [-0.2, -0.15) is 0 Å². The standard InChI is InChI=1S/C19H34O4/c1-3-5-7-8-11-15-23-19(21)17-13-10-9-12-16(17)18(20)22-14-6-4-2/h16-17H,3-15H2,1-2H3. The molecule has 0 amide bonds. The molecule has 0 aromatic carbocycles. The van der Waals surface area contributed by atoms with E-state index in [1.165, 1.54) is 19.3 Å². The number of hydrogen-bond acceptors (Lipinski definition) is 4. The summed E-state index contributed by atoms with van der Waals surface area (Å²) in [5.41, 5.74) is 0. The molecule has 0 heterocycles. The van der Waals surface area contributed by atoms with Crippen molar-refractivity contribution in [3.8, 4) is 0 Å². The Morgan fingerprint density at radius 2 is 1.22 bits per heavy atom. The van der Waals surface area contributed by atoms with Crippen LogP contribution >= 0.6 is 0 Å². The van der Waals surface area contributed by atoms with Crippen molar-refractivity contribution in [3.05, 3.63) is 0 Å². The maximum absolute atomic E-state index is 12.3. The van der Waals surface area contributed by atoms with Gasteiger partial charge in [-0.1, -0.05) is 58.8 Å². The molecule has 1 fully saturated rings. The van der Waals surface area contributed by atoms with Crippen LogP contribution in [0.2, 0.25) is 0 Å². The first kappa shape index (κ1) is 20.0. The molecule has 134 valence electrons. The number of carbonyl (C=O) groups is 2. The van der Waals surface area contributed by atoms with Crippen molar-refractivity contribution in [2.75, 3.05) is 13.2 Å². The van der Waals surface area contributed by atoms with Gasteiger partial charge >= 0.3 is 11.9 Å². The van der Waals surface area contributed by atoms with E-state index in [0.717, 1.165) is 51.4 Å². The van der Waals surface area contributed by atoms with Gasteiger partial charge in [0.05, 0.1) is 25.0 Å². The van der Waals surface area contributed by atoms with Crippen LogP contribution in [0, 0.1) is 11.8 Å². The largest absolute Gasteiger partial charge is 0.465 e. The summed E-state index contributed by atoms with van der Waals surface area (Å²) in [5, 5.41) is 0. The van der Waals surface area contributed by atoms with Crippen LogP contribution in [-0.4, -0.2) is 25.2 Å². The second-order valence-electron chi connectivity index (χ2n) is 6.60. The number of ether oxygens (including phenoxy) is 2. The van der Waals surface area contributed by atoms with E-state index in [-0.39, 0.29) is 23.8 Å². The minimum atomic E-state index is -0.298. The predicted molar refractivity (Wildman–Crippen MR) is 91.0 cm³/mol. The average molecular weight is 326 g/mol. The van der Waals surface area contributed by atoms with Gasteiger partial charge in [0.25, 0.3) is 0 Å². The van der Waals surface area contributed by atoms with E-state index in [1.54, 1.807) is 0 Å². The second-order valence-corrected chi connectivity index (χ2v) is 6.60. The van der Waals surface area contributed by atoms with Crippen LogP contribution in [0.15, 0.2) is 0 Å². The lowest BCUT2D eigenvalue weighted by atomic mass is 9.79. The lowest BCUT2D eigenvalue weighted by Crippen LogP contribution is -2.35. The molecule has 0 aliphatic heterocycles. The van der Waals surface area contributed by atoms with E-state index in [1.807, 2.05) is 0 Å². The Bertz CT molecular complexity index is 340. The summed E-state index contributed by atoms with van der Waals surface area (Å²) in [7, 11) is 0. The van der Waals surface area contributed by atoms with E-state index in [4.69, 9.17) is 9.47 Å². The topological polar surface area (TPSA) is 52.6 Å². The zero-order valence-corrected chi connectivity index (χ0v) is 15.0. The highest BCUT2D eigenvalue weighted by Gasteiger charge is 2.37. The minimum Gasteiger partial charge on any atom is -0.465 e. The Morgan fingerprint density at radius 1 is 0.739 bits per heavy atom. The fraction of sp³-hybridized carbons (Fsp3) is 0.895. The Balaban J connectivity index is 2.34. The molecule has 2 unspecified atom stereocenters. The summed E-state index contributed by atoms with van der Waals surface area (Å²) in [6, 6.07) is 0. The van der Waals surface area contributed by atoms with Gasteiger partial charge in [-0.3, -0.25) is 9.59 Å². The van der Waals surface area contributed by atoms with Gasteiger partial charge < -0.3 is 9.47 Å². The van der Waals surface area contributed by atoms with Crippen molar-refractivity contribution in [3.63, 3.8) is 0 Å². The van der Waals surface area contributed by atoms with E-state index < -0.39 is 0 Å². The van der Waals surface area contributed by atoms with Gasteiger partial charge in [-0.25, -0.2) is 0 Å². The van der Waals surface area contributed by atoms with Crippen molar-refractivity contribution in [1.82, 2.24) is 0 Å². The SMILES string of the molecule is CCCCCCCOC(=O)C1CCCCC1C(=O)OCCCC. The molecular weight excluding hydrogens is 292 g/mol. The first-order valence-corrected chi connectivity index (χ1v) is 9.54. The monoisotopic (exact) mass is 326 g/mol. The summed E-state index contributed by atoms with van der Waals surface area (Å²) >= 11 is 0. The lowest BCUT2D eigenvalue weighted by Gasteiger charge is -2.28. The van der Waals surface area contributed by atoms with Crippen LogP contribution in [0.25, 0.3) is 0 Å². The van der Waals surface area contributed by atoms with Crippen molar-refractivity contribution in [1.29, 1.82) is 0 Å². The molecule has 0 N–H and O–H groups in total. The van der Waals surface area contributed by atoms with Crippen LogP contribution < -0.4 is 0 Å². The normalized spacial score (nSPS) is 21.0. The van der Waals surface area contributed by atoms with Gasteiger partial charge in [0, 0.05) is 0 Å². The Morgan fingerprint density at radius 3 is 1.74 bits per heavy atom.